The second-order valence-corrected chi connectivity index (χ2v) is 6.21. The van der Waals surface area contributed by atoms with Crippen molar-refractivity contribution in [3.63, 3.8) is 0 Å². The molecule has 0 aliphatic carbocycles. The third-order valence-corrected chi connectivity index (χ3v) is 4.07. The van der Waals surface area contributed by atoms with Gasteiger partial charge in [-0.1, -0.05) is 34.1 Å². The van der Waals surface area contributed by atoms with Crippen LogP contribution in [0.3, 0.4) is 0 Å². The molecule has 2 aromatic rings. The topological polar surface area (TPSA) is 49.4 Å². The molecule has 24 heavy (non-hydrogen) atoms. The van der Waals surface area contributed by atoms with Crippen molar-refractivity contribution in [3.8, 4) is 0 Å². The largest absolute Gasteiger partial charge is 0.350 e. The first-order valence-electron chi connectivity index (χ1n) is 7.50. The van der Waals surface area contributed by atoms with Crippen LogP contribution in [0, 0.1) is 5.82 Å². The molecule has 4 nitrogen and oxygen atoms in total. The van der Waals surface area contributed by atoms with Crippen LogP contribution in [0.25, 0.3) is 0 Å². The second-order valence-electron chi connectivity index (χ2n) is 5.29. The van der Waals surface area contributed by atoms with Crippen molar-refractivity contribution in [2.75, 3.05) is 13.1 Å². The number of rotatable bonds is 6. The normalized spacial score (nSPS) is 10.3. The molecule has 0 radical (unpaired) electrons. The summed E-state index contributed by atoms with van der Waals surface area (Å²) in [6, 6.07) is 13.3. The van der Waals surface area contributed by atoms with Crippen molar-refractivity contribution in [1.29, 1.82) is 0 Å². The van der Waals surface area contributed by atoms with Crippen LogP contribution < -0.4 is 5.32 Å². The molecule has 0 bridgehead atoms. The molecule has 1 N–H and O–H groups in total. The number of halogens is 2. The average molecular weight is 393 g/mol. The summed E-state index contributed by atoms with van der Waals surface area (Å²) in [6.45, 7) is 2.21. The van der Waals surface area contributed by atoms with E-state index in [1.54, 1.807) is 42.5 Å². The Labute approximate surface area is 148 Å². The zero-order valence-corrected chi connectivity index (χ0v) is 14.8. The Kier molecular flexibility index (Phi) is 6.49. The minimum absolute atomic E-state index is 0.170. The first kappa shape index (κ1) is 18.1. The Bertz CT molecular complexity index is 719. The zero-order chi connectivity index (χ0) is 17.5. The number of carbonyl (C=O) groups excluding carboxylic acids is 2. The minimum Gasteiger partial charge on any atom is -0.350 e. The third kappa shape index (κ3) is 5.16. The van der Waals surface area contributed by atoms with Crippen molar-refractivity contribution < 1.29 is 14.0 Å². The zero-order valence-electron chi connectivity index (χ0n) is 13.3. The van der Waals surface area contributed by atoms with Gasteiger partial charge in [0.05, 0.1) is 0 Å². The fraction of sp³-hybridized carbons (Fsp3) is 0.222. The van der Waals surface area contributed by atoms with Crippen LogP contribution in [0.5, 0.6) is 0 Å². The fourth-order valence-corrected chi connectivity index (χ4v) is 2.45. The molecule has 2 aromatic carbocycles. The van der Waals surface area contributed by atoms with E-state index in [-0.39, 0.29) is 24.2 Å². The van der Waals surface area contributed by atoms with Crippen LogP contribution in [0.1, 0.15) is 22.8 Å². The van der Waals surface area contributed by atoms with Gasteiger partial charge in [0.1, 0.15) is 5.82 Å². The lowest BCUT2D eigenvalue weighted by atomic mass is 10.2. The molecule has 0 aromatic heterocycles. The highest BCUT2D eigenvalue weighted by molar-refractivity contribution is 9.10. The van der Waals surface area contributed by atoms with Crippen LogP contribution in [0.15, 0.2) is 53.0 Å². The van der Waals surface area contributed by atoms with Gasteiger partial charge in [0, 0.05) is 42.2 Å². The summed E-state index contributed by atoms with van der Waals surface area (Å²) in [5, 5.41) is 2.76. The van der Waals surface area contributed by atoms with E-state index in [2.05, 4.69) is 21.2 Å². The first-order chi connectivity index (χ1) is 11.5. The molecule has 0 aliphatic rings. The number of amides is 2. The van der Waals surface area contributed by atoms with E-state index >= 15 is 0 Å². The monoisotopic (exact) mass is 392 g/mol. The maximum Gasteiger partial charge on any atom is 0.251 e. The van der Waals surface area contributed by atoms with Gasteiger partial charge in [-0.25, -0.2) is 4.39 Å². The van der Waals surface area contributed by atoms with E-state index in [9.17, 15) is 14.0 Å². The summed E-state index contributed by atoms with van der Waals surface area (Å²) < 4.78 is 14.6. The number of nitrogens with zero attached hydrogens (tertiary/aromatic N) is 1. The molecular weight excluding hydrogens is 375 g/mol. The van der Waals surface area contributed by atoms with Crippen molar-refractivity contribution >= 4 is 27.7 Å². The molecule has 0 saturated heterocycles. The Balaban J connectivity index is 1.90. The molecule has 0 spiro atoms. The molecule has 2 amide bonds. The van der Waals surface area contributed by atoms with Crippen LogP contribution in [0.2, 0.25) is 0 Å². The van der Waals surface area contributed by atoms with Gasteiger partial charge in [0.15, 0.2) is 0 Å². The Morgan fingerprint density at radius 1 is 1.12 bits per heavy atom. The molecule has 0 fully saturated rings. The summed E-state index contributed by atoms with van der Waals surface area (Å²) in [6.07, 6.45) is 0. The Morgan fingerprint density at radius 3 is 2.42 bits per heavy atom. The van der Waals surface area contributed by atoms with Crippen molar-refractivity contribution in [3.05, 3.63) is 69.9 Å². The highest BCUT2D eigenvalue weighted by Crippen LogP contribution is 2.11. The molecule has 0 atom stereocenters. The van der Waals surface area contributed by atoms with Crippen molar-refractivity contribution in [2.45, 2.75) is 13.5 Å². The van der Waals surface area contributed by atoms with E-state index in [0.717, 1.165) is 4.47 Å². The van der Waals surface area contributed by atoms with Gasteiger partial charge in [-0.3, -0.25) is 9.59 Å². The van der Waals surface area contributed by atoms with Crippen molar-refractivity contribution in [2.24, 2.45) is 0 Å². The number of carbonyl (C=O) groups is 2. The van der Waals surface area contributed by atoms with E-state index in [1.807, 2.05) is 0 Å². The van der Waals surface area contributed by atoms with E-state index in [0.29, 0.717) is 24.2 Å². The van der Waals surface area contributed by atoms with Gasteiger partial charge in [0.25, 0.3) is 5.91 Å². The number of hydrogen-bond donors (Lipinski definition) is 1. The van der Waals surface area contributed by atoms with E-state index in [1.165, 1.54) is 17.9 Å². The van der Waals surface area contributed by atoms with Gasteiger partial charge in [-0.2, -0.15) is 0 Å². The Hall–Kier alpha value is -2.21. The molecule has 0 unspecified atom stereocenters. The van der Waals surface area contributed by atoms with Gasteiger partial charge in [0.2, 0.25) is 5.91 Å². The van der Waals surface area contributed by atoms with Gasteiger partial charge < -0.3 is 10.2 Å². The molecule has 126 valence electrons. The lowest BCUT2D eigenvalue weighted by molar-refractivity contribution is -0.129. The maximum atomic E-state index is 13.7. The van der Waals surface area contributed by atoms with Crippen LogP contribution in [-0.2, 0) is 11.3 Å². The maximum absolute atomic E-state index is 13.7. The molecule has 6 heteroatoms. The lowest BCUT2D eigenvalue weighted by Crippen LogP contribution is -2.37. The second kappa shape index (κ2) is 8.59. The molecule has 0 saturated carbocycles. The van der Waals surface area contributed by atoms with Crippen LogP contribution in [0.4, 0.5) is 4.39 Å². The van der Waals surface area contributed by atoms with Crippen molar-refractivity contribution in [1.82, 2.24) is 10.2 Å². The third-order valence-electron chi connectivity index (χ3n) is 3.54. The average Bonchev–Trinajstić information content (AvgIpc) is 2.56. The predicted octanol–water partition coefficient (Wildman–Crippen LogP) is 3.37. The summed E-state index contributed by atoms with van der Waals surface area (Å²) in [7, 11) is 0. The van der Waals surface area contributed by atoms with Crippen LogP contribution >= 0.6 is 15.9 Å². The predicted molar refractivity (Wildman–Crippen MR) is 94.0 cm³/mol. The minimum atomic E-state index is -0.345. The van der Waals surface area contributed by atoms with Crippen LogP contribution in [-0.4, -0.2) is 29.8 Å². The summed E-state index contributed by atoms with van der Waals surface area (Å²) in [4.78, 5) is 25.3. The standard InChI is InChI=1S/C18H18BrFN2O2/c1-13(23)22(12-15-4-2-3-5-17(15)20)11-10-21-18(24)14-6-8-16(19)9-7-14/h2-9H,10-12H2,1H3,(H,21,24). The number of nitrogens with one attached hydrogen (secondary N) is 1. The highest BCUT2D eigenvalue weighted by Gasteiger charge is 2.12. The summed E-state index contributed by atoms with van der Waals surface area (Å²) >= 11 is 3.31. The van der Waals surface area contributed by atoms with E-state index < -0.39 is 0 Å². The fourth-order valence-electron chi connectivity index (χ4n) is 2.19. The molecule has 0 heterocycles. The van der Waals surface area contributed by atoms with Gasteiger partial charge >= 0.3 is 0 Å². The van der Waals surface area contributed by atoms with Gasteiger partial charge in [-0.05, 0) is 30.3 Å². The SMILES string of the molecule is CC(=O)N(CCNC(=O)c1ccc(Br)cc1)Cc1ccccc1F. The molecule has 0 aliphatic heterocycles. The molecule has 2 rings (SSSR count). The number of benzene rings is 2. The van der Waals surface area contributed by atoms with E-state index in [4.69, 9.17) is 0 Å². The smallest absolute Gasteiger partial charge is 0.251 e. The summed E-state index contributed by atoms with van der Waals surface area (Å²) in [5.41, 5.74) is 0.994. The number of hydrogen-bond acceptors (Lipinski definition) is 2. The van der Waals surface area contributed by atoms with Gasteiger partial charge in [-0.15, -0.1) is 0 Å². The quantitative estimate of drug-likeness (QED) is 0.818. The summed E-state index contributed by atoms with van der Waals surface area (Å²) in [5.74, 6) is -0.726. The molecular formula is C18H18BrFN2O2. The lowest BCUT2D eigenvalue weighted by Gasteiger charge is -2.21. The Morgan fingerprint density at radius 2 is 1.79 bits per heavy atom. The highest BCUT2D eigenvalue weighted by atomic mass is 79.9. The first-order valence-corrected chi connectivity index (χ1v) is 8.29.